The Bertz CT molecular complexity index is 832. The van der Waals surface area contributed by atoms with Gasteiger partial charge in [0.25, 0.3) is 0 Å². The first-order chi connectivity index (χ1) is 13.6. The number of halogens is 1. The number of nitrogens with zero attached hydrogens (tertiary/aromatic N) is 5. The second kappa shape index (κ2) is 8.34. The van der Waals surface area contributed by atoms with Gasteiger partial charge in [0.05, 0.1) is 36.6 Å². The topological polar surface area (TPSA) is 113 Å². The predicted molar refractivity (Wildman–Crippen MR) is 109 cm³/mol. The summed E-state index contributed by atoms with van der Waals surface area (Å²) in [6.45, 7) is 4.32. The Labute approximate surface area is 168 Å². The predicted octanol–water partition coefficient (Wildman–Crippen LogP) is 1.13. The van der Waals surface area contributed by atoms with E-state index in [2.05, 4.69) is 20.2 Å². The Morgan fingerprint density at radius 1 is 1.25 bits per heavy atom. The van der Waals surface area contributed by atoms with Crippen molar-refractivity contribution in [1.82, 2.24) is 15.0 Å². The molecule has 1 unspecified atom stereocenters. The minimum Gasteiger partial charge on any atom is -0.393 e. The maximum Gasteiger partial charge on any atom is 0.229 e. The van der Waals surface area contributed by atoms with Crippen molar-refractivity contribution in [1.29, 1.82) is 0 Å². The zero-order valence-corrected chi connectivity index (χ0v) is 16.3. The van der Waals surface area contributed by atoms with Crippen LogP contribution in [0.1, 0.15) is 12.1 Å². The number of anilines is 4. The molecule has 2 aromatic rings. The molecule has 2 aromatic heterocycles. The van der Waals surface area contributed by atoms with Crippen LogP contribution in [0.3, 0.4) is 0 Å². The van der Waals surface area contributed by atoms with Gasteiger partial charge in [-0.3, -0.25) is 4.98 Å². The minimum absolute atomic E-state index is 0.370. The van der Waals surface area contributed by atoms with E-state index in [1.54, 1.807) is 18.3 Å². The molecule has 0 amide bonds. The third kappa shape index (κ3) is 4.06. The van der Waals surface area contributed by atoms with E-state index in [4.69, 9.17) is 27.1 Å². The smallest absolute Gasteiger partial charge is 0.229 e. The molecule has 2 aliphatic heterocycles. The molecule has 1 atom stereocenters. The van der Waals surface area contributed by atoms with Crippen molar-refractivity contribution in [3.63, 3.8) is 0 Å². The number of rotatable bonds is 5. The second-order valence-electron chi connectivity index (χ2n) is 6.88. The van der Waals surface area contributed by atoms with Crippen LogP contribution >= 0.6 is 11.6 Å². The normalized spacial score (nSPS) is 19.9. The van der Waals surface area contributed by atoms with Gasteiger partial charge >= 0.3 is 0 Å². The number of β-amino-alcohol motifs (C(OH)–C–C–N with tert-alkyl or cyclic N) is 1. The largest absolute Gasteiger partial charge is 0.393 e. The average molecular weight is 406 g/mol. The number of aliphatic hydroxyl groups is 1. The summed E-state index contributed by atoms with van der Waals surface area (Å²) in [5.74, 6) is 1.78. The van der Waals surface area contributed by atoms with Gasteiger partial charge in [-0.25, -0.2) is 0 Å². The Morgan fingerprint density at radius 2 is 2.07 bits per heavy atom. The average Bonchev–Trinajstić information content (AvgIpc) is 3.15. The lowest BCUT2D eigenvalue weighted by Gasteiger charge is -2.29. The van der Waals surface area contributed by atoms with E-state index >= 15 is 0 Å². The van der Waals surface area contributed by atoms with E-state index in [-0.39, 0.29) is 6.10 Å². The van der Waals surface area contributed by atoms with Crippen LogP contribution in [0.4, 0.5) is 23.3 Å². The van der Waals surface area contributed by atoms with Gasteiger partial charge in [-0.05, 0) is 18.6 Å². The first-order valence-corrected chi connectivity index (χ1v) is 9.76. The SMILES string of the molecule is Nc1c(NCc2ncccc2Cl)nc(N2CCOCC2)nc1N1CCC(O)C1. The molecule has 4 N–H and O–H groups in total. The summed E-state index contributed by atoms with van der Waals surface area (Å²) >= 11 is 6.21. The van der Waals surface area contributed by atoms with E-state index < -0.39 is 0 Å². The molecule has 0 bridgehead atoms. The summed E-state index contributed by atoms with van der Waals surface area (Å²) in [6.07, 6.45) is 2.02. The number of aliphatic hydroxyl groups excluding tert-OH is 1. The highest BCUT2D eigenvalue weighted by molar-refractivity contribution is 6.31. The number of pyridine rings is 1. The number of nitrogen functional groups attached to an aromatic ring is 1. The molecule has 2 aliphatic rings. The molecular formula is C18H24ClN7O2. The van der Waals surface area contributed by atoms with Crippen molar-refractivity contribution >= 4 is 34.9 Å². The van der Waals surface area contributed by atoms with E-state index in [9.17, 15) is 5.11 Å². The molecule has 28 heavy (non-hydrogen) atoms. The molecule has 0 aliphatic carbocycles. The summed E-state index contributed by atoms with van der Waals surface area (Å²) in [4.78, 5) is 17.7. The maximum atomic E-state index is 9.93. The molecule has 0 saturated carbocycles. The Balaban J connectivity index is 1.64. The van der Waals surface area contributed by atoms with Crippen molar-refractivity contribution < 1.29 is 9.84 Å². The van der Waals surface area contributed by atoms with Gasteiger partial charge in [0.2, 0.25) is 5.95 Å². The van der Waals surface area contributed by atoms with Gasteiger partial charge in [0.15, 0.2) is 11.6 Å². The molecule has 0 aromatic carbocycles. The fraction of sp³-hybridized carbons (Fsp3) is 0.500. The van der Waals surface area contributed by atoms with E-state index in [0.29, 0.717) is 73.3 Å². The lowest BCUT2D eigenvalue weighted by molar-refractivity contribution is 0.122. The summed E-state index contributed by atoms with van der Waals surface area (Å²) in [6, 6.07) is 3.59. The van der Waals surface area contributed by atoms with Crippen molar-refractivity contribution in [3.8, 4) is 0 Å². The monoisotopic (exact) mass is 405 g/mol. The Morgan fingerprint density at radius 3 is 2.79 bits per heavy atom. The molecule has 4 heterocycles. The van der Waals surface area contributed by atoms with Gasteiger partial charge in [0, 0.05) is 32.4 Å². The zero-order chi connectivity index (χ0) is 19.5. The lowest BCUT2D eigenvalue weighted by Crippen LogP contribution is -2.38. The Kier molecular flexibility index (Phi) is 5.65. The van der Waals surface area contributed by atoms with Crippen molar-refractivity contribution in [3.05, 3.63) is 29.0 Å². The van der Waals surface area contributed by atoms with Gasteiger partial charge < -0.3 is 30.7 Å². The number of morpholine rings is 1. The van der Waals surface area contributed by atoms with Crippen molar-refractivity contribution in [2.45, 2.75) is 19.1 Å². The highest BCUT2D eigenvalue weighted by Gasteiger charge is 2.27. The molecule has 2 fully saturated rings. The lowest BCUT2D eigenvalue weighted by atomic mass is 10.3. The van der Waals surface area contributed by atoms with Gasteiger partial charge in [-0.1, -0.05) is 11.6 Å². The van der Waals surface area contributed by atoms with Crippen LogP contribution in [0.25, 0.3) is 0 Å². The summed E-state index contributed by atoms with van der Waals surface area (Å²) in [5.41, 5.74) is 7.57. The maximum absolute atomic E-state index is 9.93. The van der Waals surface area contributed by atoms with Crippen molar-refractivity contribution in [2.75, 3.05) is 60.2 Å². The molecule has 9 nitrogen and oxygen atoms in total. The third-order valence-corrected chi connectivity index (χ3v) is 5.27. The van der Waals surface area contributed by atoms with Gasteiger partial charge in [-0.2, -0.15) is 9.97 Å². The fourth-order valence-corrected chi connectivity index (χ4v) is 3.57. The number of aromatic nitrogens is 3. The summed E-state index contributed by atoms with van der Waals surface area (Å²) < 4.78 is 5.43. The highest BCUT2D eigenvalue weighted by Crippen LogP contribution is 2.32. The van der Waals surface area contributed by atoms with E-state index in [1.807, 2.05) is 4.90 Å². The molecule has 0 radical (unpaired) electrons. The minimum atomic E-state index is -0.370. The molecular weight excluding hydrogens is 382 g/mol. The number of ether oxygens (including phenoxy) is 1. The highest BCUT2D eigenvalue weighted by atomic mass is 35.5. The van der Waals surface area contributed by atoms with Crippen LogP contribution in [-0.4, -0.2) is 65.6 Å². The molecule has 4 rings (SSSR count). The Hall–Kier alpha value is -2.36. The van der Waals surface area contributed by atoms with E-state index in [0.717, 1.165) is 13.1 Å². The summed E-state index contributed by atoms with van der Waals surface area (Å²) in [7, 11) is 0. The number of nitrogens with one attached hydrogen (secondary N) is 1. The molecule has 2 saturated heterocycles. The van der Waals surface area contributed by atoms with Crippen LogP contribution in [0, 0.1) is 0 Å². The fourth-order valence-electron chi connectivity index (χ4n) is 3.38. The zero-order valence-electron chi connectivity index (χ0n) is 15.5. The number of nitrogens with two attached hydrogens (primary N) is 1. The van der Waals surface area contributed by atoms with Crippen LogP contribution < -0.4 is 20.9 Å². The number of hydrogen-bond acceptors (Lipinski definition) is 9. The first-order valence-electron chi connectivity index (χ1n) is 9.38. The molecule has 0 spiro atoms. The van der Waals surface area contributed by atoms with Crippen LogP contribution in [0.5, 0.6) is 0 Å². The van der Waals surface area contributed by atoms with Crippen LogP contribution in [0.15, 0.2) is 18.3 Å². The quantitative estimate of drug-likeness (QED) is 0.673. The molecule has 150 valence electrons. The van der Waals surface area contributed by atoms with Crippen LogP contribution in [-0.2, 0) is 11.3 Å². The van der Waals surface area contributed by atoms with Crippen LogP contribution in [0.2, 0.25) is 5.02 Å². The van der Waals surface area contributed by atoms with E-state index in [1.165, 1.54) is 0 Å². The standard InChI is InChI=1S/C18H24ClN7O2/c19-13-2-1-4-21-14(13)10-22-16-15(20)17(26-5-3-12(27)11-26)24-18(23-16)25-6-8-28-9-7-25/h1-2,4,12,27H,3,5-11,20H2,(H,22,23,24). The molecule has 10 heteroatoms. The van der Waals surface area contributed by atoms with Crippen molar-refractivity contribution in [2.24, 2.45) is 0 Å². The third-order valence-electron chi connectivity index (χ3n) is 4.93. The van der Waals surface area contributed by atoms with Gasteiger partial charge in [-0.15, -0.1) is 0 Å². The van der Waals surface area contributed by atoms with Gasteiger partial charge in [0.1, 0.15) is 5.69 Å². The summed E-state index contributed by atoms with van der Waals surface area (Å²) in [5, 5.41) is 13.8. The second-order valence-corrected chi connectivity index (χ2v) is 7.29. The number of hydrogen-bond donors (Lipinski definition) is 3. The first kappa shape index (κ1) is 19.0.